The summed E-state index contributed by atoms with van der Waals surface area (Å²) in [4.78, 5) is 12.8. The van der Waals surface area contributed by atoms with Crippen LogP contribution in [-0.4, -0.2) is 86.1 Å². The fourth-order valence-corrected chi connectivity index (χ4v) is 25.9. The van der Waals surface area contributed by atoms with Crippen molar-refractivity contribution >= 4 is 0 Å². The third-order valence-corrected chi connectivity index (χ3v) is 30.6. The Morgan fingerprint density at radius 1 is 0.216 bits per heavy atom. The first-order valence-corrected chi connectivity index (χ1v) is 41.8. The molecule has 0 radical (unpaired) electrons. The van der Waals surface area contributed by atoms with Gasteiger partial charge < -0.3 is 4.90 Å². The third kappa shape index (κ3) is 15.7. The van der Waals surface area contributed by atoms with Crippen LogP contribution in [0.25, 0.3) is 0 Å². The molecule has 0 aromatic carbocycles. The summed E-state index contributed by atoms with van der Waals surface area (Å²) < 4.78 is 0. The number of hydrogen-bond donors (Lipinski definition) is 0. The van der Waals surface area contributed by atoms with Crippen LogP contribution in [0.2, 0.25) is 0 Å². The normalized spacial score (nSPS) is 41.3. The highest BCUT2D eigenvalue weighted by molar-refractivity contribution is 5.11. The molecule has 0 heterocycles. The van der Waals surface area contributed by atoms with Crippen LogP contribution in [0.4, 0.5) is 0 Å². The van der Waals surface area contributed by atoms with Crippen LogP contribution in [0.3, 0.4) is 0 Å². The summed E-state index contributed by atoms with van der Waals surface area (Å²) >= 11 is 0. The second-order valence-electron chi connectivity index (χ2n) is 35.2. The van der Waals surface area contributed by atoms with Gasteiger partial charge in [-0.15, -0.1) is 0 Å². The molecule has 14 aliphatic carbocycles. The van der Waals surface area contributed by atoms with Crippen LogP contribution >= 0.6 is 0 Å². The lowest BCUT2D eigenvalue weighted by molar-refractivity contribution is -0.00232. The predicted molar refractivity (Wildman–Crippen MR) is 373 cm³/mol. The Kier molecular flexibility index (Phi) is 23.4. The summed E-state index contributed by atoms with van der Waals surface area (Å²) in [5, 5.41) is 0. The molecule has 0 bridgehead atoms. The molecule has 0 spiro atoms. The van der Waals surface area contributed by atoms with Crippen molar-refractivity contribution in [3.8, 4) is 0 Å². The zero-order valence-electron chi connectivity index (χ0n) is 57.6. The highest BCUT2D eigenvalue weighted by Gasteiger charge is 2.45. The molecule has 0 aromatic heterocycles. The summed E-state index contributed by atoms with van der Waals surface area (Å²) in [6.45, 7) is 0. The lowest BCUT2D eigenvalue weighted by Crippen LogP contribution is -2.53. The van der Waals surface area contributed by atoms with Gasteiger partial charge in [0.05, 0.1) is 0 Å². The van der Waals surface area contributed by atoms with E-state index >= 15 is 0 Å². The highest BCUT2D eigenvalue weighted by atomic mass is 15.2. The van der Waals surface area contributed by atoms with Gasteiger partial charge in [0.15, 0.2) is 0 Å². The van der Waals surface area contributed by atoms with E-state index in [-0.39, 0.29) is 0 Å². The van der Waals surface area contributed by atoms with Gasteiger partial charge in [0.2, 0.25) is 0 Å². The first kappa shape index (κ1) is 64.3. The van der Waals surface area contributed by atoms with Gasteiger partial charge in [-0.05, 0) is 348 Å². The minimum absolute atomic E-state index is 0.722. The van der Waals surface area contributed by atoms with E-state index in [4.69, 9.17) is 0 Å². The number of hydrogen-bond acceptors (Lipinski definition) is 4. The summed E-state index contributed by atoms with van der Waals surface area (Å²) in [5.74, 6) is 10.1. The van der Waals surface area contributed by atoms with Gasteiger partial charge in [-0.3, -0.25) is 14.7 Å². The molecule has 0 aliphatic heterocycles. The summed E-state index contributed by atoms with van der Waals surface area (Å²) in [7, 11) is 0. The Labute approximate surface area is 544 Å². The van der Waals surface area contributed by atoms with E-state index in [1.54, 1.807) is 95.6 Å². The van der Waals surface area contributed by atoms with Crippen LogP contribution in [0.5, 0.6) is 0 Å². The van der Waals surface area contributed by atoms with Crippen molar-refractivity contribution < 1.29 is 0 Å². The van der Waals surface area contributed by atoms with Crippen LogP contribution in [0.1, 0.15) is 366 Å². The van der Waals surface area contributed by atoms with E-state index in [0.29, 0.717) is 0 Å². The van der Waals surface area contributed by atoms with Crippen LogP contribution in [0, 0.1) is 59.2 Å². The average Bonchev–Trinajstić information content (AvgIpc) is 3.73. The molecule has 11 saturated carbocycles. The van der Waals surface area contributed by atoms with Crippen molar-refractivity contribution in [1.29, 1.82) is 0 Å². The van der Waals surface area contributed by atoms with Gasteiger partial charge in [-0.25, -0.2) is 0 Å². The molecule has 11 fully saturated rings. The Bertz CT molecular complexity index is 2100. The smallest absolute Gasteiger partial charge is 0.0290 e. The van der Waals surface area contributed by atoms with Gasteiger partial charge in [0, 0.05) is 72.2 Å². The minimum Gasteiger partial charge on any atom is -0.369 e. The summed E-state index contributed by atoms with van der Waals surface area (Å²) in [6, 6.07) is 9.32. The second-order valence-corrected chi connectivity index (χ2v) is 35.2. The molecule has 3 atom stereocenters. The first-order chi connectivity index (χ1) is 43.6. The maximum absolute atomic E-state index is 3.32. The Balaban J connectivity index is 0.519. The molecular weight excluding hydrogens is 1060 g/mol. The third-order valence-electron chi connectivity index (χ3n) is 30.6. The molecule has 3 unspecified atom stereocenters. The van der Waals surface area contributed by atoms with Crippen molar-refractivity contribution in [3.05, 3.63) is 36.1 Å². The first-order valence-electron chi connectivity index (χ1n) is 41.8. The number of nitrogens with zero attached hydrogens (tertiary/aromatic N) is 4. The van der Waals surface area contributed by atoms with E-state index in [0.717, 1.165) is 126 Å². The van der Waals surface area contributed by atoms with Crippen molar-refractivity contribution in [3.63, 3.8) is 0 Å². The standard InChI is InChI=1S/C84H140N4/c1-7-19-73(20-8-1)85(74-21-9-2-10-22-74)79-51-39-67(40-52-79)63-31-35-65(36-32-63)69-43-55-81(56-44-69)87(77-27-15-5-16-28-77)83-59-47-71(48-60-83)72-49-61-84(62-50-72)88(78-29-17-6-18-30-78)82-57-45-70(46-58-82)66-37-33-64(34-38-66)68-41-53-80(54-42-68)86(75-23-11-3-12-24-75)76-25-13-4-14-26-76/h7,19,23,47,59,63-74,76-84H,1-6,8-18,20-22,24-46,48-58,60-62H2. The molecule has 88 heavy (non-hydrogen) atoms. The highest BCUT2D eigenvalue weighted by Crippen LogP contribution is 2.51. The quantitative estimate of drug-likeness (QED) is 0.135. The van der Waals surface area contributed by atoms with Crippen molar-refractivity contribution in [1.82, 2.24) is 19.6 Å². The maximum Gasteiger partial charge on any atom is 0.0290 e. The lowest BCUT2D eigenvalue weighted by Gasteiger charge is -2.51. The lowest BCUT2D eigenvalue weighted by atomic mass is 9.65. The molecule has 14 rings (SSSR count). The van der Waals surface area contributed by atoms with E-state index in [9.17, 15) is 0 Å². The average molecular weight is 1210 g/mol. The monoisotopic (exact) mass is 1210 g/mol. The van der Waals surface area contributed by atoms with Crippen LogP contribution < -0.4 is 0 Å². The second kappa shape index (κ2) is 32.1. The molecule has 0 N–H and O–H groups in total. The largest absolute Gasteiger partial charge is 0.369 e. The Hall–Kier alpha value is -1.10. The fraction of sp³-hybridized carbons (Fsp3) is 0.929. The Morgan fingerprint density at radius 3 is 0.909 bits per heavy atom. The molecule has 14 aliphatic rings. The fourth-order valence-electron chi connectivity index (χ4n) is 25.9. The topological polar surface area (TPSA) is 13.0 Å². The maximum atomic E-state index is 3.32. The molecule has 496 valence electrons. The van der Waals surface area contributed by atoms with E-state index in [2.05, 4.69) is 50.0 Å². The zero-order valence-corrected chi connectivity index (χ0v) is 57.6. The van der Waals surface area contributed by atoms with Gasteiger partial charge in [-0.2, -0.15) is 0 Å². The summed E-state index contributed by atoms with van der Waals surface area (Å²) in [5.41, 5.74) is 1.79. The van der Waals surface area contributed by atoms with Gasteiger partial charge in [0.1, 0.15) is 0 Å². The van der Waals surface area contributed by atoms with Crippen LogP contribution in [-0.2, 0) is 0 Å². The number of rotatable bonds is 17. The molecular formula is C84H140N4. The molecule has 0 saturated heterocycles. The van der Waals surface area contributed by atoms with Crippen molar-refractivity contribution in [2.45, 2.75) is 432 Å². The van der Waals surface area contributed by atoms with Crippen molar-refractivity contribution in [2.75, 3.05) is 0 Å². The van der Waals surface area contributed by atoms with Gasteiger partial charge in [0.25, 0.3) is 0 Å². The zero-order chi connectivity index (χ0) is 58.9. The van der Waals surface area contributed by atoms with E-state index < -0.39 is 0 Å². The predicted octanol–water partition coefficient (Wildman–Crippen LogP) is 22.8. The van der Waals surface area contributed by atoms with Gasteiger partial charge in [-0.1, -0.05) is 107 Å². The SMILES string of the molecule is C1=CC(N(C2CCCCC2)C2CCC(C3CCC(C4CCC(N(C5C=CC(C6CCC(N(C7CCCCC7)C7CCC(C8CCC(C9CCC(N(C%10=CCCCC%10)C%10CCCCC%10)CC9)CC8)CC7)CC6)CC5)C5CCCCC5)CC4)CC3)CC2)CCC1. The minimum atomic E-state index is 0.722. The summed E-state index contributed by atoms with van der Waals surface area (Å²) in [6.07, 6.45) is 99.1. The number of allylic oxidation sites excluding steroid dienone is 4. The van der Waals surface area contributed by atoms with Gasteiger partial charge >= 0.3 is 0 Å². The molecule has 0 aromatic rings. The van der Waals surface area contributed by atoms with Crippen molar-refractivity contribution in [2.24, 2.45) is 59.2 Å². The van der Waals surface area contributed by atoms with E-state index in [1.165, 1.54) is 276 Å². The molecule has 0 amide bonds. The van der Waals surface area contributed by atoms with E-state index in [1.807, 2.05) is 0 Å². The Morgan fingerprint density at radius 2 is 0.545 bits per heavy atom. The molecule has 4 heteroatoms. The van der Waals surface area contributed by atoms with Crippen LogP contribution in [0.15, 0.2) is 36.1 Å². The molecule has 4 nitrogen and oxygen atoms in total.